The summed E-state index contributed by atoms with van der Waals surface area (Å²) in [5.74, 6) is -0.703. The first-order valence-corrected chi connectivity index (χ1v) is 13.3. The standard InChI is InChI=1S/C30H38F2N4O3/c1-19(2)25-17-30(25,21-8-6-9-24(15-21)36-11-7-10-34-36)33-18-27(37)26(35-28(38)39-29(3,4)5)14-20-12-22(31)16-23(32)13-20/h6-13,15-16,19,25-27,33,37H,14,17-18H2,1-5H3,(H,35,38). The van der Waals surface area contributed by atoms with E-state index < -0.39 is 35.5 Å². The Morgan fingerprint density at radius 1 is 1.18 bits per heavy atom. The molecule has 4 atom stereocenters. The smallest absolute Gasteiger partial charge is 0.407 e. The summed E-state index contributed by atoms with van der Waals surface area (Å²) in [6, 6.07) is 12.4. The molecule has 0 bridgehead atoms. The lowest BCUT2D eigenvalue weighted by atomic mass is 9.95. The number of aliphatic hydroxyl groups excluding tert-OH is 1. The van der Waals surface area contributed by atoms with Crippen LogP contribution in [-0.4, -0.2) is 45.3 Å². The average molecular weight is 541 g/mol. The molecule has 4 unspecified atom stereocenters. The number of aromatic nitrogens is 2. The van der Waals surface area contributed by atoms with Gasteiger partial charge in [0.15, 0.2) is 0 Å². The van der Waals surface area contributed by atoms with Crippen molar-refractivity contribution in [1.82, 2.24) is 20.4 Å². The van der Waals surface area contributed by atoms with E-state index in [1.54, 1.807) is 31.6 Å². The minimum absolute atomic E-state index is 0.0200. The average Bonchev–Trinajstić information content (AvgIpc) is 3.33. The van der Waals surface area contributed by atoms with Gasteiger partial charge in [-0.1, -0.05) is 26.0 Å². The first-order valence-electron chi connectivity index (χ1n) is 13.3. The third-order valence-electron chi connectivity index (χ3n) is 7.12. The van der Waals surface area contributed by atoms with E-state index in [2.05, 4.69) is 41.7 Å². The van der Waals surface area contributed by atoms with Crippen LogP contribution in [0.2, 0.25) is 0 Å². The van der Waals surface area contributed by atoms with Crippen LogP contribution in [0.15, 0.2) is 60.9 Å². The molecule has 1 aromatic heterocycles. The number of hydrogen-bond donors (Lipinski definition) is 3. The van der Waals surface area contributed by atoms with Crippen molar-refractivity contribution in [2.75, 3.05) is 6.54 Å². The highest BCUT2D eigenvalue weighted by atomic mass is 19.1. The molecule has 0 saturated heterocycles. The molecule has 4 rings (SSSR count). The van der Waals surface area contributed by atoms with E-state index in [4.69, 9.17) is 4.74 Å². The molecule has 3 aromatic rings. The SMILES string of the molecule is CC(C)C1CC1(NCC(O)C(Cc1cc(F)cc(F)c1)NC(=O)OC(C)(C)C)c1cccc(-n2cccn2)c1. The van der Waals surface area contributed by atoms with Crippen molar-refractivity contribution < 1.29 is 23.4 Å². The predicted molar refractivity (Wildman–Crippen MR) is 145 cm³/mol. The van der Waals surface area contributed by atoms with E-state index in [-0.39, 0.29) is 18.5 Å². The first-order chi connectivity index (χ1) is 18.4. The van der Waals surface area contributed by atoms with Crippen molar-refractivity contribution >= 4 is 6.09 Å². The van der Waals surface area contributed by atoms with Crippen LogP contribution in [0.3, 0.4) is 0 Å². The van der Waals surface area contributed by atoms with Gasteiger partial charge in [0.1, 0.15) is 17.2 Å². The lowest BCUT2D eigenvalue weighted by molar-refractivity contribution is 0.0418. The van der Waals surface area contributed by atoms with Gasteiger partial charge in [-0.05, 0) is 86.9 Å². The maximum absolute atomic E-state index is 13.9. The monoisotopic (exact) mass is 540 g/mol. The summed E-state index contributed by atoms with van der Waals surface area (Å²) in [4.78, 5) is 12.6. The van der Waals surface area contributed by atoms with E-state index >= 15 is 0 Å². The number of carbonyl (C=O) groups is 1. The van der Waals surface area contributed by atoms with Crippen molar-refractivity contribution in [3.63, 3.8) is 0 Å². The summed E-state index contributed by atoms with van der Waals surface area (Å²) in [7, 11) is 0. The van der Waals surface area contributed by atoms with Crippen molar-refractivity contribution in [1.29, 1.82) is 0 Å². The number of nitrogens with zero attached hydrogens (tertiary/aromatic N) is 2. The summed E-state index contributed by atoms with van der Waals surface area (Å²) >= 11 is 0. The largest absolute Gasteiger partial charge is 0.444 e. The number of nitrogens with one attached hydrogen (secondary N) is 2. The quantitative estimate of drug-likeness (QED) is 0.333. The van der Waals surface area contributed by atoms with Crippen LogP contribution in [0.5, 0.6) is 0 Å². The molecule has 3 N–H and O–H groups in total. The van der Waals surface area contributed by atoms with Crippen LogP contribution in [0.4, 0.5) is 13.6 Å². The minimum atomic E-state index is -1.07. The fraction of sp³-hybridized carbons (Fsp3) is 0.467. The molecular weight excluding hydrogens is 502 g/mol. The molecule has 39 heavy (non-hydrogen) atoms. The molecule has 210 valence electrons. The highest BCUT2D eigenvalue weighted by molar-refractivity contribution is 5.68. The molecule has 0 aliphatic heterocycles. The Morgan fingerprint density at radius 3 is 2.49 bits per heavy atom. The third kappa shape index (κ3) is 7.22. The summed E-state index contributed by atoms with van der Waals surface area (Å²) in [5, 5.41) is 21.9. The number of carbonyl (C=O) groups excluding carboxylic acids is 1. The van der Waals surface area contributed by atoms with Crippen LogP contribution in [0.1, 0.15) is 52.2 Å². The minimum Gasteiger partial charge on any atom is -0.444 e. The van der Waals surface area contributed by atoms with Crippen molar-refractivity contribution in [2.45, 2.75) is 70.7 Å². The Balaban J connectivity index is 1.55. The normalized spacial score (nSPS) is 20.5. The zero-order chi connectivity index (χ0) is 28.4. The Bertz CT molecular complexity index is 1260. The number of benzene rings is 2. The number of amides is 1. The second-order valence-corrected chi connectivity index (χ2v) is 11.7. The first kappa shape index (κ1) is 28.7. The van der Waals surface area contributed by atoms with Crippen LogP contribution in [0.25, 0.3) is 5.69 Å². The maximum atomic E-state index is 13.9. The fourth-order valence-corrected chi connectivity index (χ4v) is 5.23. The van der Waals surface area contributed by atoms with Gasteiger partial charge >= 0.3 is 6.09 Å². The summed E-state index contributed by atoms with van der Waals surface area (Å²) in [5.41, 5.74) is 1.24. The Hall–Kier alpha value is -3.30. The zero-order valence-electron chi connectivity index (χ0n) is 23.1. The summed E-state index contributed by atoms with van der Waals surface area (Å²) in [6.07, 6.45) is 2.75. The second-order valence-electron chi connectivity index (χ2n) is 11.7. The molecule has 1 aliphatic rings. The molecule has 1 saturated carbocycles. The van der Waals surface area contributed by atoms with E-state index in [0.29, 0.717) is 17.4 Å². The molecule has 2 aromatic carbocycles. The van der Waals surface area contributed by atoms with Gasteiger partial charge in [-0.3, -0.25) is 0 Å². The van der Waals surface area contributed by atoms with Crippen LogP contribution in [-0.2, 0) is 16.7 Å². The van der Waals surface area contributed by atoms with Gasteiger partial charge in [-0.15, -0.1) is 0 Å². The van der Waals surface area contributed by atoms with Gasteiger partial charge in [0, 0.05) is 30.5 Å². The summed E-state index contributed by atoms with van der Waals surface area (Å²) < 4.78 is 35.0. The van der Waals surface area contributed by atoms with Crippen molar-refractivity contribution in [2.24, 2.45) is 11.8 Å². The number of hydrogen-bond acceptors (Lipinski definition) is 5. The molecule has 0 radical (unpaired) electrons. The molecule has 7 nitrogen and oxygen atoms in total. The van der Waals surface area contributed by atoms with E-state index in [1.165, 1.54) is 12.1 Å². The Morgan fingerprint density at radius 2 is 1.90 bits per heavy atom. The van der Waals surface area contributed by atoms with Gasteiger partial charge in [0.05, 0.1) is 17.8 Å². The molecule has 9 heteroatoms. The van der Waals surface area contributed by atoms with Gasteiger partial charge in [-0.25, -0.2) is 18.3 Å². The maximum Gasteiger partial charge on any atom is 0.407 e. The highest BCUT2D eigenvalue weighted by Crippen LogP contribution is 2.56. The van der Waals surface area contributed by atoms with E-state index in [1.807, 2.05) is 24.4 Å². The number of rotatable bonds is 10. The highest BCUT2D eigenvalue weighted by Gasteiger charge is 2.56. The predicted octanol–water partition coefficient (Wildman–Crippen LogP) is 5.11. The Kier molecular flexibility index (Phi) is 8.42. The molecule has 1 aliphatic carbocycles. The van der Waals surface area contributed by atoms with Crippen LogP contribution >= 0.6 is 0 Å². The molecule has 1 heterocycles. The Labute approximate surface area is 228 Å². The summed E-state index contributed by atoms with van der Waals surface area (Å²) in [6.45, 7) is 9.71. The van der Waals surface area contributed by atoms with Crippen molar-refractivity contribution in [3.8, 4) is 5.69 Å². The second kappa shape index (κ2) is 11.4. The zero-order valence-corrected chi connectivity index (χ0v) is 23.1. The molecule has 1 amide bonds. The van der Waals surface area contributed by atoms with Gasteiger partial charge in [0.25, 0.3) is 0 Å². The number of aliphatic hydroxyl groups is 1. The molecular formula is C30H38F2N4O3. The third-order valence-corrected chi connectivity index (χ3v) is 7.12. The van der Waals surface area contributed by atoms with Gasteiger partial charge < -0.3 is 20.5 Å². The van der Waals surface area contributed by atoms with E-state index in [9.17, 15) is 18.7 Å². The topological polar surface area (TPSA) is 88.4 Å². The van der Waals surface area contributed by atoms with Crippen LogP contribution in [0, 0.1) is 23.5 Å². The van der Waals surface area contributed by atoms with Gasteiger partial charge in [0.2, 0.25) is 0 Å². The molecule has 0 spiro atoms. The van der Waals surface area contributed by atoms with Gasteiger partial charge in [-0.2, -0.15) is 5.10 Å². The number of halogens is 2. The lowest BCUT2D eigenvalue weighted by Crippen LogP contribution is -2.51. The number of ether oxygens (including phenoxy) is 1. The fourth-order valence-electron chi connectivity index (χ4n) is 5.23. The molecule has 1 fully saturated rings. The lowest BCUT2D eigenvalue weighted by Gasteiger charge is -2.29. The van der Waals surface area contributed by atoms with E-state index in [0.717, 1.165) is 23.7 Å². The van der Waals surface area contributed by atoms with Crippen LogP contribution < -0.4 is 10.6 Å². The number of alkyl carbamates (subject to hydrolysis) is 1. The van der Waals surface area contributed by atoms with Crippen molar-refractivity contribution in [3.05, 3.63) is 83.7 Å².